The fourth-order valence-corrected chi connectivity index (χ4v) is 4.81. The smallest absolute Gasteiger partial charge is 0.217 e. The van der Waals surface area contributed by atoms with E-state index in [1.807, 2.05) is 0 Å². The molecule has 1 unspecified atom stereocenters. The molecule has 130 valence electrons. The molecule has 2 aromatic carbocycles. The highest BCUT2D eigenvalue weighted by Crippen LogP contribution is 2.34. The van der Waals surface area contributed by atoms with Gasteiger partial charge in [-0.15, -0.1) is 0 Å². The minimum Gasteiger partial charge on any atom is -0.484 e. The van der Waals surface area contributed by atoms with Crippen LogP contribution in [0, 0.1) is 5.82 Å². The number of halogens is 2. The largest absolute Gasteiger partial charge is 0.484 e. The number of sulfone groups is 1. The van der Waals surface area contributed by atoms with Crippen LogP contribution in [0.1, 0.15) is 17.8 Å². The molecular formula is C17H15BClFO4S. The van der Waals surface area contributed by atoms with Crippen molar-refractivity contribution in [3.8, 4) is 5.75 Å². The zero-order valence-corrected chi connectivity index (χ0v) is 14.8. The second-order valence-electron chi connectivity index (χ2n) is 5.95. The molecule has 1 aliphatic heterocycles. The van der Waals surface area contributed by atoms with Crippen molar-refractivity contribution in [2.24, 2.45) is 0 Å². The number of hydrogen-bond acceptors (Lipinski definition) is 4. The molecule has 0 saturated heterocycles. The third kappa shape index (κ3) is 4.04. The van der Waals surface area contributed by atoms with Crippen LogP contribution in [-0.4, -0.2) is 33.7 Å². The minimum atomic E-state index is -3.34. The lowest BCUT2D eigenvalue weighted by atomic mass is 9.57. The fraction of sp³-hybridized carbons (Fsp3) is 0.235. The standard InChI is InChI=1S/C17H15BClFO4S/c19-11-5-6-16-12(9-11)13(7-8-25(16,22)23)18-17(21)10-24-15-4-2-1-3-14(15)20/h1-6,9,13,18H,7-8,10H2. The number of fused-ring (bicyclic) bond motifs is 1. The van der Waals surface area contributed by atoms with Crippen molar-refractivity contribution in [1.82, 2.24) is 0 Å². The van der Waals surface area contributed by atoms with Gasteiger partial charge < -0.3 is 9.53 Å². The molecule has 0 saturated carbocycles. The lowest BCUT2D eigenvalue weighted by molar-refractivity contribution is -0.114. The molecule has 3 rings (SSSR count). The van der Waals surface area contributed by atoms with Gasteiger partial charge in [0, 0.05) is 5.02 Å². The Morgan fingerprint density at radius 1 is 1.28 bits per heavy atom. The zero-order chi connectivity index (χ0) is 18.0. The Morgan fingerprint density at radius 2 is 2.04 bits per heavy atom. The molecule has 1 heterocycles. The van der Waals surface area contributed by atoms with Gasteiger partial charge in [-0.05, 0) is 48.1 Å². The van der Waals surface area contributed by atoms with Crippen LogP contribution in [0.3, 0.4) is 0 Å². The molecule has 0 radical (unpaired) electrons. The van der Waals surface area contributed by atoms with Crippen LogP contribution < -0.4 is 4.74 Å². The van der Waals surface area contributed by atoms with Gasteiger partial charge in [-0.3, -0.25) is 0 Å². The van der Waals surface area contributed by atoms with E-state index in [4.69, 9.17) is 16.3 Å². The summed E-state index contributed by atoms with van der Waals surface area (Å²) in [4.78, 5) is 12.5. The van der Waals surface area contributed by atoms with E-state index >= 15 is 0 Å². The maximum absolute atomic E-state index is 13.5. The summed E-state index contributed by atoms with van der Waals surface area (Å²) in [6.07, 6.45) is 0.348. The van der Waals surface area contributed by atoms with Crippen molar-refractivity contribution < 1.29 is 22.3 Å². The maximum atomic E-state index is 13.5. The number of rotatable bonds is 5. The van der Waals surface area contributed by atoms with Crippen molar-refractivity contribution >= 4 is 34.4 Å². The number of carbonyl (C=O) groups is 1. The van der Waals surface area contributed by atoms with Gasteiger partial charge in [-0.1, -0.05) is 23.7 Å². The van der Waals surface area contributed by atoms with E-state index in [9.17, 15) is 17.6 Å². The van der Waals surface area contributed by atoms with Gasteiger partial charge >= 0.3 is 0 Å². The normalized spacial score (nSPS) is 18.2. The van der Waals surface area contributed by atoms with Gasteiger partial charge in [0.15, 0.2) is 21.4 Å². The topological polar surface area (TPSA) is 60.4 Å². The van der Waals surface area contributed by atoms with Crippen LogP contribution in [0.25, 0.3) is 0 Å². The van der Waals surface area contributed by atoms with Crippen molar-refractivity contribution in [2.45, 2.75) is 17.1 Å². The molecule has 0 bridgehead atoms. The van der Waals surface area contributed by atoms with E-state index in [0.717, 1.165) is 0 Å². The molecule has 0 aliphatic carbocycles. The van der Waals surface area contributed by atoms with Crippen LogP contribution in [0.4, 0.5) is 4.39 Å². The third-order valence-electron chi connectivity index (χ3n) is 4.18. The van der Waals surface area contributed by atoms with E-state index in [0.29, 0.717) is 17.0 Å². The summed E-state index contributed by atoms with van der Waals surface area (Å²) in [5.41, 5.74) is 0.344. The van der Waals surface area contributed by atoms with E-state index < -0.39 is 15.7 Å². The first-order valence-electron chi connectivity index (χ1n) is 7.78. The molecule has 0 aromatic heterocycles. The summed E-state index contributed by atoms with van der Waals surface area (Å²) >= 11 is 5.98. The van der Waals surface area contributed by atoms with Crippen molar-refractivity contribution in [2.75, 3.05) is 12.4 Å². The Bertz CT molecular complexity index is 917. The first-order valence-corrected chi connectivity index (χ1v) is 9.81. The second kappa shape index (κ2) is 7.18. The molecule has 2 aromatic rings. The average molecular weight is 381 g/mol. The van der Waals surface area contributed by atoms with Crippen LogP contribution in [-0.2, 0) is 14.6 Å². The van der Waals surface area contributed by atoms with Crippen molar-refractivity contribution in [3.63, 3.8) is 0 Å². The number of hydrogen-bond donors (Lipinski definition) is 0. The molecule has 1 aliphatic rings. The van der Waals surface area contributed by atoms with E-state index in [1.54, 1.807) is 12.1 Å². The third-order valence-corrected chi connectivity index (χ3v) is 6.23. The summed E-state index contributed by atoms with van der Waals surface area (Å²) in [5.74, 6) is -0.760. The molecular weight excluding hydrogens is 366 g/mol. The molecule has 4 nitrogen and oxygen atoms in total. The van der Waals surface area contributed by atoms with Gasteiger partial charge in [-0.2, -0.15) is 0 Å². The molecule has 25 heavy (non-hydrogen) atoms. The SMILES string of the molecule is O=C(BC1CCS(=O)(=O)c2ccc(Cl)cc21)COc1ccccc1F. The summed E-state index contributed by atoms with van der Waals surface area (Å²) in [6.45, 7) is -0.264. The van der Waals surface area contributed by atoms with Crippen molar-refractivity contribution in [1.29, 1.82) is 0 Å². The molecule has 8 heteroatoms. The summed E-state index contributed by atoms with van der Waals surface area (Å²) < 4.78 is 43.1. The van der Waals surface area contributed by atoms with Crippen LogP contribution in [0.5, 0.6) is 5.75 Å². The molecule has 0 amide bonds. The molecule has 0 spiro atoms. The van der Waals surface area contributed by atoms with Crippen molar-refractivity contribution in [3.05, 3.63) is 58.9 Å². The van der Waals surface area contributed by atoms with Gasteiger partial charge in [0.2, 0.25) is 7.28 Å². The van der Waals surface area contributed by atoms with Crippen LogP contribution in [0.15, 0.2) is 47.4 Å². The van der Waals surface area contributed by atoms with Gasteiger partial charge in [0.05, 0.1) is 10.6 Å². The minimum absolute atomic E-state index is 0.00620. The monoisotopic (exact) mass is 380 g/mol. The van der Waals surface area contributed by atoms with Crippen LogP contribution >= 0.6 is 11.6 Å². The van der Waals surface area contributed by atoms with Gasteiger partial charge in [0.25, 0.3) is 0 Å². The Hall–Kier alpha value is -1.86. The van der Waals surface area contributed by atoms with Gasteiger partial charge in [0.1, 0.15) is 12.3 Å². The van der Waals surface area contributed by atoms with Gasteiger partial charge in [-0.25, -0.2) is 12.8 Å². The van der Waals surface area contributed by atoms with Crippen LogP contribution in [0.2, 0.25) is 5.02 Å². The Balaban J connectivity index is 1.72. The first kappa shape index (κ1) is 18.0. The van der Waals surface area contributed by atoms with E-state index in [-0.39, 0.29) is 41.8 Å². The lowest BCUT2D eigenvalue weighted by Crippen LogP contribution is -2.30. The van der Waals surface area contributed by atoms with E-state index in [2.05, 4.69) is 0 Å². The quantitative estimate of drug-likeness (QED) is 0.748. The Kier molecular flexibility index (Phi) is 5.15. The molecule has 0 fully saturated rings. The molecule has 1 atom stereocenters. The molecule has 0 N–H and O–H groups in total. The number of ether oxygens (including phenoxy) is 1. The fourth-order valence-electron chi connectivity index (χ4n) is 2.95. The first-order chi connectivity index (χ1) is 11.9. The zero-order valence-electron chi connectivity index (χ0n) is 13.2. The number of carbonyl (C=O) groups excluding carboxylic acids is 1. The average Bonchev–Trinajstić information content (AvgIpc) is 2.56. The second-order valence-corrected chi connectivity index (χ2v) is 8.46. The summed E-state index contributed by atoms with van der Waals surface area (Å²) in [5, 5.41) is 0.427. The predicted octanol–water partition coefficient (Wildman–Crippen LogP) is 2.74. The predicted molar refractivity (Wildman–Crippen MR) is 94.9 cm³/mol. The highest BCUT2D eigenvalue weighted by atomic mass is 35.5. The Labute approximate surface area is 151 Å². The number of para-hydroxylation sites is 1. The highest BCUT2D eigenvalue weighted by molar-refractivity contribution is 7.91. The number of benzene rings is 2. The van der Waals surface area contributed by atoms with E-state index in [1.165, 1.54) is 30.3 Å². The maximum Gasteiger partial charge on any atom is 0.217 e. The summed E-state index contributed by atoms with van der Waals surface area (Å²) in [7, 11) is -3.22. The highest BCUT2D eigenvalue weighted by Gasteiger charge is 2.32. The summed E-state index contributed by atoms with van der Waals surface area (Å²) in [6, 6.07) is 10.5. The Morgan fingerprint density at radius 3 is 2.80 bits per heavy atom. The lowest BCUT2D eigenvalue weighted by Gasteiger charge is -2.24.